The summed E-state index contributed by atoms with van der Waals surface area (Å²) in [4.78, 5) is 11.8. The molecule has 74 valence electrons. The molecule has 0 radical (unpaired) electrons. The van der Waals surface area contributed by atoms with Gasteiger partial charge in [0.05, 0.1) is 10.9 Å². The predicted molar refractivity (Wildman–Crippen MR) is 63.4 cm³/mol. The second kappa shape index (κ2) is 3.38. The van der Waals surface area contributed by atoms with Gasteiger partial charge < -0.3 is 4.57 Å². The summed E-state index contributed by atoms with van der Waals surface area (Å²) in [5.74, 6) is 0. The van der Waals surface area contributed by atoms with Gasteiger partial charge in [0, 0.05) is 19.8 Å². The van der Waals surface area contributed by atoms with E-state index in [1.54, 1.807) is 17.8 Å². The summed E-state index contributed by atoms with van der Waals surface area (Å²) in [6, 6.07) is 1.93. The molecule has 0 atom stereocenters. The molecule has 2 rings (SSSR count). The lowest BCUT2D eigenvalue weighted by molar-refractivity contribution is 0.677. The fourth-order valence-corrected chi connectivity index (χ4v) is 2.25. The molecule has 0 aliphatic heterocycles. The van der Waals surface area contributed by atoms with E-state index in [1.165, 1.54) is 0 Å². The van der Waals surface area contributed by atoms with Crippen molar-refractivity contribution < 1.29 is 0 Å². The number of pyridine rings is 1. The SMILES string of the molecule is CCn1nc(I)c2c(=O)n(C)ccc21. The zero-order chi connectivity index (χ0) is 10.3. The van der Waals surface area contributed by atoms with Crippen LogP contribution in [0.25, 0.3) is 10.9 Å². The normalized spacial score (nSPS) is 11.1. The number of rotatable bonds is 1. The van der Waals surface area contributed by atoms with Crippen LogP contribution in [0, 0.1) is 3.70 Å². The van der Waals surface area contributed by atoms with Crippen molar-refractivity contribution in [2.75, 3.05) is 0 Å². The first-order valence-corrected chi connectivity index (χ1v) is 5.44. The van der Waals surface area contributed by atoms with Crippen molar-refractivity contribution in [1.82, 2.24) is 14.3 Å². The number of nitrogens with zero attached hydrogens (tertiary/aromatic N) is 3. The quantitative estimate of drug-likeness (QED) is 0.746. The minimum atomic E-state index is 0.0200. The molecule has 0 spiro atoms. The summed E-state index contributed by atoms with van der Waals surface area (Å²) in [5, 5.41) is 5.02. The molecule has 2 heterocycles. The van der Waals surface area contributed by atoms with Crippen molar-refractivity contribution in [2.45, 2.75) is 13.5 Å². The average molecular weight is 303 g/mol. The number of hydrogen-bond acceptors (Lipinski definition) is 2. The van der Waals surface area contributed by atoms with Gasteiger partial charge in [-0.15, -0.1) is 0 Å². The average Bonchev–Trinajstić information content (AvgIpc) is 2.49. The Morgan fingerprint density at radius 2 is 2.29 bits per heavy atom. The van der Waals surface area contributed by atoms with Crippen LogP contribution in [-0.2, 0) is 13.6 Å². The van der Waals surface area contributed by atoms with Crippen molar-refractivity contribution in [2.24, 2.45) is 7.05 Å². The Morgan fingerprint density at radius 1 is 1.57 bits per heavy atom. The van der Waals surface area contributed by atoms with Crippen LogP contribution in [0.3, 0.4) is 0 Å². The molecular formula is C9H10IN3O. The van der Waals surface area contributed by atoms with E-state index in [1.807, 2.05) is 17.7 Å². The van der Waals surface area contributed by atoms with Gasteiger partial charge in [-0.2, -0.15) is 5.10 Å². The second-order valence-corrected chi connectivity index (χ2v) is 4.12. The summed E-state index contributed by atoms with van der Waals surface area (Å²) in [7, 11) is 1.75. The first-order valence-electron chi connectivity index (χ1n) is 4.36. The van der Waals surface area contributed by atoms with Gasteiger partial charge in [0.2, 0.25) is 0 Å². The van der Waals surface area contributed by atoms with Gasteiger partial charge in [0.1, 0.15) is 3.70 Å². The van der Waals surface area contributed by atoms with Crippen molar-refractivity contribution >= 4 is 33.5 Å². The molecule has 5 heteroatoms. The van der Waals surface area contributed by atoms with Crippen molar-refractivity contribution in [3.8, 4) is 0 Å². The number of hydrogen-bond donors (Lipinski definition) is 0. The van der Waals surface area contributed by atoms with E-state index >= 15 is 0 Å². The fraction of sp³-hybridized carbons (Fsp3) is 0.333. The van der Waals surface area contributed by atoms with Gasteiger partial charge in [0.25, 0.3) is 5.56 Å². The van der Waals surface area contributed by atoms with E-state index in [0.717, 1.165) is 21.1 Å². The van der Waals surface area contributed by atoms with Gasteiger partial charge >= 0.3 is 0 Å². The number of aromatic nitrogens is 3. The van der Waals surface area contributed by atoms with Gasteiger partial charge in [-0.25, -0.2) is 0 Å². The highest BCUT2D eigenvalue weighted by Gasteiger charge is 2.11. The van der Waals surface area contributed by atoms with Gasteiger partial charge in [0.15, 0.2) is 0 Å². The van der Waals surface area contributed by atoms with Crippen LogP contribution in [0.15, 0.2) is 17.1 Å². The Hall–Kier alpha value is -0.850. The van der Waals surface area contributed by atoms with E-state index in [2.05, 4.69) is 27.7 Å². The van der Waals surface area contributed by atoms with Crippen molar-refractivity contribution in [3.63, 3.8) is 0 Å². The van der Waals surface area contributed by atoms with Crippen LogP contribution >= 0.6 is 22.6 Å². The van der Waals surface area contributed by atoms with Crippen LogP contribution < -0.4 is 5.56 Å². The first-order chi connectivity index (χ1) is 6.65. The molecule has 0 aliphatic rings. The smallest absolute Gasteiger partial charge is 0.262 e. The molecule has 0 bridgehead atoms. The van der Waals surface area contributed by atoms with Gasteiger partial charge in [-0.3, -0.25) is 9.48 Å². The molecule has 2 aromatic rings. The van der Waals surface area contributed by atoms with Crippen molar-refractivity contribution in [3.05, 3.63) is 26.3 Å². The lowest BCUT2D eigenvalue weighted by atomic mass is 10.3. The highest BCUT2D eigenvalue weighted by Crippen LogP contribution is 2.15. The van der Waals surface area contributed by atoms with Gasteiger partial charge in [-0.1, -0.05) is 0 Å². The van der Waals surface area contributed by atoms with E-state index < -0.39 is 0 Å². The molecule has 0 saturated carbocycles. The maximum Gasteiger partial charge on any atom is 0.262 e. The number of fused-ring (bicyclic) bond motifs is 1. The Labute approximate surface area is 94.7 Å². The molecule has 14 heavy (non-hydrogen) atoms. The summed E-state index contributed by atoms with van der Waals surface area (Å²) in [5.41, 5.74) is 0.937. The van der Waals surface area contributed by atoms with E-state index in [4.69, 9.17) is 0 Å². The maximum absolute atomic E-state index is 11.8. The van der Waals surface area contributed by atoms with Crippen molar-refractivity contribution in [1.29, 1.82) is 0 Å². The Balaban J connectivity index is 2.97. The third-order valence-corrected chi connectivity index (χ3v) is 2.99. The topological polar surface area (TPSA) is 39.8 Å². The molecule has 0 unspecified atom stereocenters. The summed E-state index contributed by atoms with van der Waals surface area (Å²) in [6.45, 7) is 2.80. The molecule has 0 amide bonds. The summed E-state index contributed by atoms with van der Waals surface area (Å²) >= 11 is 2.10. The maximum atomic E-state index is 11.8. The molecule has 0 fully saturated rings. The predicted octanol–water partition coefficient (Wildman–Crippen LogP) is 1.36. The fourth-order valence-electron chi connectivity index (χ4n) is 1.48. The molecule has 0 saturated heterocycles. The summed E-state index contributed by atoms with van der Waals surface area (Å²) < 4.78 is 4.20. The zero-order valence-corrected chi connectivity index (χ0v) is 10.1. The molecule has 0 N–H and O–H groups in total. The molecule has 0 aliphatic carbocycles. The third kappa shape index (κ3) is 1.26. The first kappa shape index (κ1) is 9.70. The Morgan fingerprint density at radius 3 is 2.93 bits per heavy atom. The monoisotopic (exact) mass is 303 g/mol. The molecule has 4 nitrogen and oxygen atoms in total. The third-order valence-electron chi connectivity index (χ3n) is 2.24. The highest BCUT2D eigenvalue weighted by molar-refractivity contribution is 14.1. The highest BCUT2D eigenvalue weighted by atomic mass is 127. The van der Waals surface area contributed by atoms with Gasteiger partial charge in [-0.05, 0) is 35.6 Å². The van der Waals surface area contributed by atoms with E-state index in [9.17, 15) is 4.79 Å². The van der Waals surface area contributed by atoms with Crippen LogP contribution in [0.5, 0.6) is 0 Å². The Bertz CT molecular complexity index is 541. The summed E-state index contributed by atoms with van der Waals surface area (Å²) in [6.07, 6.45) is 1.77. The largest absolute Gasteiger partial charge is 0.318 e. The van der Waals surface area contributed by atoms with E-state index in [0.29, 0.717) is 0 Å². The standard InChI is InChI=1S/C9H10IN3O/c1-3-13-6-4-5-12(2)9(14)7(6)8(10)11-13/h4-5H,3H2,1-2H3. The molecular weight excluding hydrogens is 293 g/mol. The van der Waals surface area contributed by atoms with Crippen LogP contribution in [0.2, 0.25) is 0 Å². The zero-order valence-electron chi connectivity index (χ0n) is 7.99. The Kier molecular flexibility index (Phi) is 2.34. The van der Waals surface area contributed by atoms with Crippen LogP contribution in [0.1, 0.15) is 6.92 Å². The van der Waals surface area contributed by atoms with Crippen LogP contribution in [-0.4, -0.2) is 14.3 Å². The van der Waals surface area contributed by atoms with Crippen LogP contribution in [0.4, 0.5) is 0 Å². The number of aryl methyl sites for hydroxylation is 2. The number of halogens is 1. The lowest BCUT2D eigenvalue weighted by Gasteiger charge is -1.99. The van der Waals surface area contributed by atoms with E-state index in [-0.39, 0.29) is 5.56 Å². The second-order valence-electron chi connectivity index (χ2n) is 3.10. The lowest BCUT2D eigenvalue weighted by Crippen LogP contribution is -2.15. The molecule has 2 aromatic heterocycles. The molecule has 0 aromatic carbocycles. The minimum Gasteiger partial charge on any atom is -0.318 e. The minimum absolute atomic E-state index is 0.0200.